The predicted octanol–water partition coefficient (Wildman–Crippen LogP) is 2.98. The minimum absolute atomic E-state index is 0.136. The molecular formula is C25H30N4O3. The van der Waals surface area contributed by atoms with Crippen molar-refractivity contribution >= 4 is 11.8 Å². The van der Waals surface area contributed by atoms with E-state index in [9.17, 15) is 9.59 Å². The van der Waals surface area contributed by atoms with Gasteiger partial charge in [-0.3, -0.25) is 9.59 Å². The van der Waals surface area contributed by atoms with Gasteiger partial charge in [0.15, 0.2) is 11.5 Å². The third-order valence-electron chi connectivity index (χ3n) is 5.30. The molecule has 2 N–H and O–H groups in total. The van der Waals surface area contributed by atoms with E-state index >= 15 is 0 Å². The van der Waals surface area contributed by atoms with E-state index in [1.807, 2.05) is 81.4 Å². The lowest BCUT2D eigenvalue weighted by Gasteiger charge is -2.19. The zero-order valence-electron chi connectivity index (χ0n) is 19.0. The Hall–Kier alpha value is -3.45. The van der Waals surface area contributed by atoms with Gasteiger partial charge in [0, 0.05) is 31.1 Å². The van der Waals surface area contributed by atoms with Crippen LogP contribution >= 0.6 is 0 Å². The number of carbonyl (C=O) groups excluding carboxylic acids is 2. The lowest BCUT2D eigenvalue weighted by atomic mass is 10.0. The van der Waals surface area contributed by atoms with Gasteiger partial charge in [-0.05, 0) is 50.7 Å². The minimum Gasteiger partial charge on any atom is -0.355 e. The molecule has 0 radical (unpaired) electrons. The van der Waals surface area contributed by atoms with Gasteiger partial charge in [0.05, 0.1) is 0 Å². The summed E-state index contributed by atoms with van der Waals surface area (Å²) in [5.41, 5.74) is 4.24. The van der Waals surface area contributed by atoms with E-state index < -0.39 is 11.9 Å². The second-order valence-electron chi connectivity index (χ2n) is 8.19. The van der Waals surface area contributed by atoms with Gasteiger partial charge in [-0.2, -0.15) is 0 Å². The van der Waals surface area contributed by atoms with Gasteiger partial charge in [-0.25, -0.2) is 0 Å². The van der Waals surface area contributed by atoms with E-state index in [1.165, 1.54) is 5.56 Å². The molecule has 1 unspecified atom stereocenters. The zero-order valence-corrected chi connectivity index (χ0v) is 19.0. The number of likely N-dealkylation sites (N-methyl/N-ethyl adjacent to an activating group) is 1. The Kier molecular flexibility index (Phi) is 7.78. The molecule has 0 aliphatic rings. The number of benzene rings is 2. The molecule has 0 aliphatic carbocycles. The Labute approximate surface area is 188 Å². The van der Waals surface area contributed by atoms with Crippen LogP contribution in [-0.4, -0.2) is 55.1 Å². The normalized spacial score (nSPS) is 11.9. The number of carbonyl (C=O) groups is 2. The molecule has 168 valence electrons. The lowest BCUT2D eigenvalue weighted by Crippen LogP contribution is -2.49. The fourth-order valence-corrected chi connectivity index (χ4v) is 3.23. The molecule has 7 nitrogen and oxygen atoms in total. The van der Waals surface area contributed by atoms with Crippen molar-refractivity contribution in [1.82, 2.24) is 20.7 Å². The summed E-state index contributed by atoms with van der Waals surface area (Å²) in [5, 5.41) is 9.64. The summed E-state index contributed by atoms with van der Waals surface area (Å²) < 4.78 is 5.40. The fraction of sp³-hybridized carbons (Fsp3) is 0.320. The largest absolute Gasteiger partial charge is 0.355 e. The molecule has 3 aromatic rings. The van der Waals surface area contributed by atoms with Gasteiger partial charge in [-0.1, -0.05) is 47.6 Å². The van der Waals surface area contributed by atoms with Gasteiger partial charge < -0.3 is 20.1 Å². The highest BCUT2D eigenvalue weighted by molar-refractivity contribution is 5.96. The van der Waals surface area contributed by atoms with Crippen LogP contribution in [0.1, 0.15) is 27.2 Å². The van der Waals surface area contributed by atoms with Gasteiger partial charge in [-0.15, -0.1) is 0 Å². The van der Waals surface area contributed by atoms with Crippen LogP contribution in [0.4, 0.5) is 0 Å². The number of rotatable bonds is 9. The maximum Gasteiger partial charge on any atom is 0.274 e. The van der Waals surface area contributed by atoms with Crippen LogP contribution in [0.2, 0.25) is 0 Å². The van der Waals surface area contributed by atoms with Crippen molar-refractivity contribution in [1.29, 1.82) is 0 Å². The van der Waals surface area contributed by atoms with Crippen LogP contribution in [0.3, 0.4) is 0 Å². The van der Waals surface area contributed by atoms with E-state index in [1.54, 1.807) is 6.07 Å². The Balaban J connectivity index is 1.73. The van der Waals surface area contributed by atoms with Gasteiger partial charge in [0.1, 0.15) is 6.04 Å². The first-order valence-corrected chi connectivity index (χ1v) is 10.6. The van der Waals surface area contributed by atoms with Crippen molar-refractivity contribution in [2.24, 2.45) is 0 Å². The third kappa shape index (κ3) is 6.28. The number of hydrogen-bond donors (Lipinski definition) is 2. The first-order chi connectivity index (χ1) is 15.3. The number of nitrogens with zero attached hydrogens (tertiary/aromatic N) is 2. The first-order valence-electron chi connectivity index (χ1n) is 10.6. The van der Waals surface area contributed by atoms with Crippen LogP contribution in [0.15, 0.2) is 59.1 Å². The minimum atomic E-state index is -0.728. The maximum atomic E-state index is 12.9. The summed E-state index contributed by atoms with van der Waals surface area (Å²) in [6.07, 6.45) is 0.377. The summed E-state index contributed by atoms with van der Waals surface area (Å²) in [4.78, 5) is 27.7. The monoisotopic (exact) mass is 434 g/mol. The highest BCUT2D eigenvalue weighted by atomic mass is 16.5. The number of aromatic nitrogens is 1. The Bertz CT molecular complexity index is 1060. The molecule has 0 fully saturated rings. The average molecular weight is 435 g/mol. The maximum absolute atomic E-state index is 12.9. The van der Waals surface area contributed by atoms with Crippen molar-refractivity contribution in [2.45, 2.75) is 26.3 Å². The molecule has 1 aromatic heterocycles. The number of hydrogen-bond acceptors (Lipinski definition) is 5. The highest BCUT2D eigenvalue weighted by Crippen LogP contribution is 2.23. The molecular weight excluding hydrogens is 404 g/mol. The molecule has 7 heteroatoms. The number of aryl methyl sites for hydroxylation is 2. The van der Waals surface area contributed by atoms with Crippen molar-refractivity contribution < 1.29 is 14.1 Å². The Morgan fingerprint density at radius 1 is 1.03 bits per heavy atom. The molecule has 2 amide bonds. The van der Waals surface area contributed by atoms with Crippen LogP contribution in [0.25, 0.3) is 11.3 Å². The third-order valence-corrected chi connectivity index (χ3v) is 5.30. The van der Waals surface area contributed by atoms with Crippen molar-refractivity contribution in [3.8, 4) is 11.3 Å². The van der Waals surface area contributed by atoms with E-state index in [0.29, 0.717) is 25.3 Å². The van der Waals surface area contributed by atoms with E-state index in [2.05, 4.69) is 15.8 Å². The zero-order chi connectivity index (χ0) is 23.1. The van der Waals surface area contributed by atoms with Crippen molar-refractivity contribution in [2.75, 3.05) is 27.2 Å². The van der Waals surface area contributed by atoms with E-state index in [4.69, 9.17) is 4.52 Å². The Morgan fingerprint density at radius 3 is 2.47 bits per heavy atom. The molecule has 1 atom stereocenters. The molecule has 3 rings (SSSR count). The molecule has 0 bridgehead atoms. The molecule has 0 spiro atoms. The molecule has 0 aliphatic heterocycles. The topological polar surface area (TPSA) is 87.5 Å². The molecule has 2 aromatic carbocycles. The van der Waals surface area contributed by atoms with Crippen molar-refractivity contribution in [3.05, 3.63) is 77.0 Å². The summed E-state index contributed by atoms with van der Waals surface area (Å²) >= 11 is 0. The first kappa shape index (κ1) is 23.2. The fourth-order valence-electron chi connectivity index (χ4n) is 3.23. The summed E-state index contributed by atoms with van der Waals surface area (Å²) in [6.45, 7) is 5.26. The van der Waals surface area contributed by atoms with E-state index in [-0.39, 0.29) is 11.6 Å². The van der Waals surface area contributed by atoms with E-state index in [0.717, 1.165) is 16.7 Å². The summed E-state index contributed by atoms with van der Waals surface area (Å²) in [6, 6.07) is 16.4. The van der Waals surface area contributed by atoms with Gasteiger partial charge in [0.2, 0.25) is 5.91 Å². The average Bonchev–Trinajstić information content (AvgIpc) is 3.26. The SMILES string of the molecule is Cc1ccc(-c2cc(C(=O)NC(Cc3ccccc3)C(=O)NCCN(C)C)no2)cc1C. The molecule has 1 heterocycles. The van der Waals surface area contributed by atoms with Crippen LogP contribution < -0.4 is 10.6 Å². The van der Waals surface area contributed by atoms with Gasteiger partial charge >= 0.3 is 0 Å². The van der Waals surface area contributed by atoms with Gasteiger partial charge in [0.25, 0.3) is 5.91 Å². The summed E-state index contributed by atoms with van der Waals surface area (Å²) in [7, 11) is 3.88. The Morgan fingerprint density at radius 2 is 1.78 bits per heavy atom. The molecule has 0 saturated carbocycles. The predicted molar refractivity (Wildman–Crippen MR) is 124 cm³/mol. The number of nitrogens with one attached hydrogen (secondary N) is 2. The van der Waals surface area contributed by atoms with Crippen LogP contribution in [0, 0.1) is 13.8 Å². The second kappa shape index (κ2) is 10.7. The summed E-state index contributed by atoms with van der Waals surface area (Å²) in [5.74, 6) is -0.178. The molecule has 0 saturated heterocycles. The van der Waals surface area contributed by atoms with Crippen LogP contribution in [0.5, 0.6) is 0 Å². The van der Waals surface area contributed by atoms with Crippen LogP contribution in [-0.2, 0) is 11.2 Å². The number of amides is 2. The highest BCUT2D eigenvalue weighted by Gasteiger charge is 2.24. The smallest absolute Gasteiger partial charge is 0.274 e. The molecule has 32 heavy (non-hydrogen) atoms. The van der Waals surface area contributed by atoms with Crippen molar-refractivity contribution in [3.63, 3.8) is 0 Å². The second-order valence-corrected chi connectivity index (χ2v) is 8.19. The quantitative estimate of drug-likeness (QED) is 0.541. The standard InChI is InChI=1S/C25H30N4O3/c1-17-10-11-20(14-18(17)2)23-16-22(28-32-23)25(31)27-21(15-19-8-6-5-7-9-19)24(30)26-12-13-29(3)4/h5-11,14,16,21H,12-13,15H2,1-4H3,(H,26,30)(H,27,31). The lowest BCUT2D eigenvalue weighted by molar-refractivity contribution is -0.123.